The minimum Gasteiger partial charge on any atom is -0.390 e. The molecule has 2 heterocycles. The first-order chi connectivity index (χ1) is 8.60. The van der Waals surface area contributed by atoms with E-state index < -0.39 is 9.84 Å². The number of aliphatic hydroxyl groups is 1. The number of sulfone groups is 1. The third-order valence-corrected chi connectivity index (χ3v) is 4.13. The van der Waals surface area contributed by atoms with E-state index in [2.05, 4.69) is 9.97 Å². The number of hydrogen-bond acceptors (Lipinski definition) is 5. The Morgan fingerprint density at radius 2 is 2.17 bits per heavy atom. The zero-order valence-electron chi connectivity index (χ0n) is 9.81. The highest BCUT2D eigenvalue weighted by molar-refractivity contribution is 7.91. The van der Waals surface area contributed by atoms with Crippen molar-refractivity contribution in [2.75, 3.05) is 5.75 Å². The summed E-state index contributed by atoms with van der Waals surface area (Å²) in [6.07, 6.45) is 4.47. The molecule has 6 nitrogen and oxygen atoms in total. The Morgan fingerprint density at radius 3 is 2.72 bits per heavy atom. The number of aliphatic hydroxyl groups excluding tert-OH is 1. The molecule has 0 saturated heterocycles. The van der Waals surface area contributed by atoms with E-state index in [1.807, 2.05) is 0 Å². The maximum atomic E-state index is 11.9. The molecular weight excluding hydrogens is 254 g/mol. The minimum absolute atomic E-state index is 0.0465. The lowest BCUT2D eigenvalue weighted by atomic mass is 10.4. The molecule has 7 heteroatoms. The minimum atomic E-state index is -3.45. The number of nitrogens with zero attached hydrogens (tertiary/aromatic N) is 3. The smallest absolute Gasteiger partial charge is 0.232 e. The first kappa shape index (κ1) is 12.7. The first-order valence-corrected chi connectivity index (χ1v) is 7.06. The summed E-state index contributed by atoms with van der Waals surface area (Å²) < 4.78 is 25.3. The van der Waals surface area contributed by atoms with Gasteiger partial charge in [-0.05, 0) is 12.1 Å². The highest BCUT2D eigenvalue weighted by Crippen LogP contribution is 2.18. The van der Waals surface area contributed by atoms with Crippen molar-refractivity contribution in [2.24, 2.45) is 0 Å². The Balaban J connectivity index is 2.69. The van der Waals surface area contributed by atoms with Gasteiger partial charge in [0.05, 0.1) is 36.1 Å². The molecule has 18 heavy (non-hydrogen) atoms. The molecule has 2 rings (SSSR count). The second-order valence-electron chi connectivity index (χ2n) is 3.64. The van der Waals surface area contributed by atoms with Crippen LogP contribution in [0.4, 0.5) is 0 Å². The van der Waals surface area contributed by atoms with Gasteiger partial charge in [-0.3, -0.25) is 9.55 Å². The molecule has 0 aliphatic heterocycles. The van der Waals surface area contributed by atoms with E-state index in [1.165, 1.54) is 17.0 Å². The molecule has 0 bridgehead atoms. The number of rotatable bonds is 4. The van der Waals surface area contributed by atoms with Crippen LogP contribution in [-0.4, -0.2) is 33.8 Å². The second kappa shape index (κ2) is 4.87. The maximum absolute atomic E-state index is 11.9. The molecule has 0 radical (unpaired) electrons. The molecule has 0 aliphatic carbocycles. The van der Waals surface area contributed by atoms with Gasteiger partial charge in [0.1, 0.15) is 0 Å². The van der Waals surface area contributed by atoms with Crippen LogP contribution in [0.15, 0.2) is 35.9 Å². The van der Waals surface area contributed by atoms with Gasteiger partial charge >= 0.3 is 0 Å². The molecule has 0 saturated carbocycles. The fourth-order valence-corrected chi connectivity index (χ4v) is 2.56. The van der Waals surface area contributed by atoms with Gasteiger partial charge in [-0.1, -0.05) is 6.92 Å². The molecule has 0 aliphatic rings. The quantitative estimate of drug-likeness (QED) is 0.874. The summed E-state index contributed by atoms with van der Waals surface area (Å²) in [5.41, 5.74) is 0.973. The van der Waals surface area contributed by atoms with Crippen molar-refractivity contribution in [1.82, 2.24) is 14.5 Å². The van der Waals surface area contributed by atoms with E-state index in [4.69, 9.17) is 0 Å². The van der Waals surface area contributed by atoms with Gasteiger partial charge in [-0.25, -0.2) is 13.4 Å². The first-order valence-electron chi connectivity index (χ1n) is 5.40. The average molecular weight is 267 g/mol. The summed E-state index contributed by atoms with van der Waals surface area (Å²) in [5, 5.41) is 9.19. The van der Waals surface area contributed by atoms with Gasteiger partial charge < -0.3 is 5.11 Å². The van der Waals surface area contributed by atoms with Crippen LogP contribution >= 0.6 is 0 Å². The summed E-state index contributed by atoms with van der Waals surface area (Å²) in [5.74, 6) is -0.0465. The van der Waals surface area contributed by atoms with Crippen LogP contribution in [0.5, 0.6) is 0 Å². The monoisotopic (exact) mass is 267 g/mol. The van der Waals surface area contributed by atoms with Crippen LogP contribution in [0.1, 0.15) is 12.6 Å². The highest BCUT2D eigenvalue weighted by Gasteiger charge is 2.22. The number of imidazole rings is 1. The van der Waals surface area contributed by atoms with Crippen LogP contribution < -0.4 is 0 Å². The Bertz CT molecular complexity index is 635. The van der Waals surface area contributed by atoms with Crippen molar-refractivity contribution >= 4 is 9.84 Å². The molecule has 2 aromatic heterocycles. The van der Waals surface area contributed by atoms with E-state index in [0.717, 1.165) is 0 Å². The zero-order chi connectivity index (χ0) is 13.2. The van der Waals surface area contributed by atoms with E-state index in [-0.39, 0.29) is 17.5 Å². The predicted molar refractivity (Wildman–Crippen MR) is 65.0 cm³/mol. The van der Waals surface area contributed by atoms with Crippen molar-refractivity contribution < 1.29 is 13.5 Å². The number of pyridine rings is 1. The van der Waals surface area contributed by atoms with Crippen molar-refractivity contribution in [3.63, 3.8) is 0 Å². The Morgan fingerprint density at radius 1 is 1.39 bits per heavy atom. The molecule has 0 aromatic carbocycles. The molecule has 0 fully saturated rings. The van der Waals surface area contributed by atoms with Crippen LogP contribution in [0, 0.1) is 0 Å². The predicted octanol–water partition coefficient (Wildman–Crippen LogP) is 0.553. The van der Waals surface area contributed by atoms with Crippen LogP contribution in [0.3, 0.4) is 0 Å². The van der Waals surface area contributed by atoms with E-state index in [1.54, 1.807) is 25.3 Å². The highest BCUT2D eigenvalue weighted by atomic mass is 32.2. The summed E-state index contributed by atoms with van der Waals surface area (Å²) in [7, 11) is -3.45. The van der Waals surface area contributed by atoms with E-state index in [9.17, 15) is 13.5 Å². The third-order valence-electron chi connectivity index (χ3n) is 2.53. The number of hydrogen-bond donors (Lipinski definition) is 1. The van der Waals surface area contributed by atoms with Crippen molar-refractivity contribution in [2.45, 2.75) is 18.7 Å². The largest absolute Gasteiger partial charge is 0.390 e. The zero-order valence-corrected chi connectivity index (χ0v) is 10.6. The normalized spacial score (nSPS) is 11.7. The van der Waals surface area contributed by atoms with E-state index in [0.29, 0.717) is 11.4 Å². The maximum Gasteiger partial charge on any atom is 0.232 e. The molecular formula is C11H13N3O3S. The van der Waals surface area contributed by atoms with Crippen LogP contribution in [0.25, 0.3) is 5.69 Å². The van der Waals surface area contributed by atoms with Crippen LogP contribution in [-0.2, 0) is 16.4 Å². The molecule has 0 amide bonds. The van der Waals surface area contributed by atoms with Gasteiger partial charge in [-0.2, -0.15) is 0 Å². The average Bonchev–Trinajstić information content (AvgIpc) is 2.84. The van der Waals surface area contributed by atoms with Crippen molar-refractivity contribution in [1.29, 1.82) is 0 Å². The Labute approximate surface area is 105 Å². The van der Waals surface area contributed by atoms with Crippen LogP contribution in [0.2, 0.25) is 0 Å². The molecule has 2 aromatic rings. The fraction of sp³-hybridized carbons (Fsp3) is 0.273. The van der Waals surface area contributed by atoms with Gasteiger partial charge in [0.15, 0.2) is 0 Å². The molecule has 0 unspecified atom stereocenters. The lowest BCUT2D eigenvalue weighted by molar-refractivity contribution is 0.273. The van der Waals surface area contributed by atoms with Crippen molar-refractivity contribution in [3.8, 4) is 5.69 Å². The van der Waals surface area contributed by atoms with Crippen molar-refractivity contribution in [3.05, 3.63) is 36.4 Å². The van der Waals surface area contributed by atoms with Gasteiger partial charge in [0.25, 0.3) is 0 Å². The topological polar surface area (TPSA) is 85.1 Å². The molecule has 0 atom stereocenters. The standard InChI is InChI=1S/C11H13N3O3S/c1-2-18(16,17)11-13-7-10(8-15)14(11)9-4-3-5-12-6-9/h3-7,15H,2,8H2,1H3. The second-order valence-corrected chi connectivity index (χ2v) is 5.81. The summed E-state index contributed by atoms with van der Waals surface area (Å²) in [4.78, 5) is 7.83. The summed E-state index contributed by atoms with van der Waals surface area (Å²) in [6, 6.07) is 3.40. The lowest BCUT2D eigenvalue weighted by Crippen LogP contribution is -2.13. The molecule has 1 N–H and O–H groups in total. The van der Waals surface area contributed by atoms with Gasteiger partial charge in [0.2, 0.25) is 15.0 Å². The Hall–Kier alpha value is -1.73. The summed E-state index contributed by atoms with van der Waals surface area (Å²) in [6.45, 7) is 1.26. The Kier molecular flexibility index (Phi) is 3.44. The molecule has 0 spiro atoms. The fourth-order valence-electron chi connectivity index (χ4n) is 1.59. The van der Waals surface area contributed by atoms with Gasteiger partial charge in [-0.15, -0.1) is 0 Å². The third kappa shape index (κ3) is 2.14. The SMILES string of the molecule is CCS(=O)(=O)c1ncc(CO)n1-c1cccnc1. The van der Waals surface area contributed by atoms with E-state index >= 15 is 0 Å². The lowest BCUT2D eigenvalue weighted by Gasteiger charge is -2.09. The van der Waals surface area contributed by atoms with Gasteiger partial charge in [0, 0.05) is 6.20 Å². The number of aromatic nitrogens is 3. The molecule has 96 valence electrons. The summed E-state index contributed by atoms with van der Waals surface area (Å²) >= 11 is 0.